The van der Waals surface area contributed by atoms with Crippen molar-refractivity contribution in [2.75, 3.05) is 13.6 Å². The van der Waals surface area contributed by atoms with Crippen molar-refractivity contribution < 1.29 is 4.42 Å². The van der Waals surface area contributed by atoms with E-state index < -0.39 is 0 Å². The molecule has 2 nitrogen and oxygen atoms in total. The van der Waals surface area contributed by atoms with Gasteiger partial charge < -0.3 is 4.42 Å². The Morgan fingerprint density at radius 3 is 2.58 bits per heavy atom. The molecule has 0 saturated carbocycles. The Morgan fingerprint density at radius 2 is 1.69 bits per heavy atom. The summed E-state index contributed by atoms with van der Waals surface area (Å²) in [5.41, 5.74) is 3.46. The second-order valence-electron chi connectivity index (χ2n) is 6.46. The van der Waals surface area contributed by atoms with Crippen LogP contribution < -0.4 is 0 Å². The lowest BCUT2D eigenvalue weighted by molar-refractivity contribution is 0.363. The highest BCUT2D eigenvalue weighted by molar-refractivity contribution is 5.85. The first-order chi connectivity index (χ1) is 12.3. The van der Waals surface area contributed by atoms with Crippen molar-refractivity contribution in [1.82, 2.24) is 4.90 Å². The van der Waals surface area contributed by atoms with Gasteiger partial charge in [0.05, 0.1) is 6.26 Å². The SMILES string of the molecule is CN(C/C=C/c1ccc2ccccc2c1)Cc1cccc2ccoc12.Cl. The number of benzene rings is 3. The number of para-hydroxylation sites is 1. The van der Waals surface area contributed by atoms with Crippen LogP contribution in [0, 0.1) is 0 Å². The van der Waals surface area contributed by atoms with Crippen LogP contribution in [-0.4, -0.2) is 18.5 Å². The maximum Gasteiger partial charge on any atom is 0.138 e. The van der Waals surface area contributed by atoms with Crippen molar-refractivity contribution in [2.24, 2.45) is 0 Å². The number of hydrogen-bond donors (Lipinski definition) is 0. The highest BCUT2D eigenvalue weighted by Crippen LogP contribution is 2.21. The van der Waals surface area contributed by atoms with E-state index in [1.807, 2.05) is 6.07 Å². The molecule has 0 aliphatic carbocycles. The van der Waals surface area contributed by atoms with Crippen LogP contribution in [0.3, 0.4) is 0 Å². The fraction of sp³-hybridized carbons (Fsp3) is 0.130. The fourth-order valence-electron chi connectivity index (χ4n) is 3.22. The van der Waals surface area contributed by atoms with Gasteiger partial charge in [-0.1, -0.05) is 66.7 Å². The number of furan rings is 1. The lowest BCUT2D eigenvalue weighted by atomic mass is 10.1. The summed E-state index contributed by atoms with van der Waals surface area (Å²) in [5.74, 6) is 0. The highest BCUT2D eigenvalue weighted by Gasteiger charge is 2.06. The summed E-state index contributed by atoms with van der Waals surface area (Å²) in [7, 11) is 2.13. The van der Waals surface area contributed by atoms with E-state index in [1.165, 1.54) is 21.9 Å². The van der Waals surface area contributed by atoms with Crippen LogP contribution in [-0.2, 0) is 6.54 Å². The maximum atomic E-state index is 5.62. The third-order valence-corrected chi connectivity index (χ3v) is 4.50. The average Bonchev–Trinajstić information content (AvgIpc) is 3.11. The Kier molecular flexibility index (Phi) is 5.77. The Balaban J connectivity index is 0.00000196. The van der Waals surface area contributed by atoms with Gasteiger partial charge in [0, 0.05) is 24.0 Å². The molecular weight excluding hydrogens is 342 g/mol. The molecular formula is C23H22ClNO. The molecule has 4 aromatic rings. The lowest BCUT2D eigenvalue weighted by Gasteiger charge is -2.14. The van der Waals surface area contributed by atoms with E-state index in [0.717, 1.165) is 24.1 Å². The summed E-state index contributed by atoms with van der Waals surface area (Å²) in [6.45, 7) is 1.76. The minimum atomic E-state index is 0. The Bertz CT molecular complexity index is 1030. The predicted molar refractivity (Wildman–Crippen MR) is 113 cm³/mol. The number of hydrogen-bond acceptors (Lipinski definition) is 2. The Labute approximate surface area is 160 Å². The molecule has 3 heteroatoms. The zero-order valence-electron chi connectivity index (χ0n) is 14.8. The van der Waals surface area contributed by atoms with E-state index >= 15 is 0 Å². The minimum absolute atomic E-state index is 0. The molecule has 0 N–H and O–H groups in total. The van der Waals surface area contributed by atoms with Crippen LogP contribution in [0.15, 0.2) is 83.5 Å². The summed E-state index contributed by atoms with van der Waals surface area (Å²) in [6, 6.07) is 23.4. The van der Waals surface area contributed by atoms with E-state index in [1.54, 1.807) is 6.26 Å². The quantitative estimate of drug-likeness (QED) is 0.422. The van der Waals surface area contributed by atoms with E-state index in [2.05, 4.69) is 84.8 Å². The molecule has 0 bridgehead atoms. The zero-order chi connectivity index (χ0) is 17.1. The van der Waals surface area contributed by atoms with Gasteiger partial charge in [0.25, 0.3) is 0 Å². The van der Waals surface area contributed by atoms with Gasteiger partial charge in [-0.2, -0.15) is 0 Å². The third kappa shape index (κ3) is 3.98. The first kappa shape index (κ1) is 18.2. The van der Waals surface area contributed by atoms with E-state index in [-0.39, 0.29) is 12.4 Å². The van der Waals surface area contributed by atoms with Gasteiger partial charge >= 0.3 is 0 Å². The number of likely N-dealkylation sites (N-methyl/N-ethyl adjacent to an activating group) is 1. The number of rotatable bonds is 5. The molecule has 132 valence electrons. The van der Waals surface area contributed by atoms with Gasteiger partial charge in [-0.25, -0.2) is 0 Å². The number of fused-ring (bicyclic) bond motifs is 2. The summed E-state index contributed by atoms with van der Waals surface area (Å²) in [5, 5.41) is 3.73. The van der Waals surface area contributed by atoms with E-state index in [4.69, 9.17) is 4.42 Å². The maximum absolute atomic E-state index is 5.62. The smallest absolute Gasteiger partial charge is 0.138 e. The normalized spacial score (nSPS) is 11.5. The largest absolute Gasteiger partial charge is 0.464 e. The molecule has 26 heavy (non-hydrogen) atoms. The van der Waals surface area contributed by atoms with E-state index in [9.17, 15) is 0 Å². The van der Waals surface area contributed by atoms with Crippen molar-refractivity contribution in [1.29, 1.82) is 0 Å². The molecule has 4 rings (SSSR count). The molecule has 0 aliphatic heterocycles. The Morgan fingerprint density at radius 1 is 0.885 bits per heavy atom. The summed E-state index contributed by atoms with van der Waals surface area (Å²) < 4.78 is 5.62. The first-order valence-corrected chi connectivity index (χ1v) is 8.58. The monoisotopic (exact) mass is 363 g/mol. The molecule has 1 heterocycles. The molecule has 1 aromatic heterocycles. The van der Waals surface area contributed by atoms with Crippen LogP contribution in [0.1, 0.15) is 11.1 Å². The second-order valence-corrected chi connectivity index (χ2v) is 6.46. The van der Waals surface area contributed by atoms with Gasteiger partial charge in [0.1, 0.15) is 5.58 Å². The zero-order valence-corrected chi connectivity index (χ0v) is 15.6. The van der Waals surface area contributed by atoms with Crippen molar-refractivity contribution >= 4 is 40.2 Å². The van der Waals surface area contributed by atoms with Gasteiger partial charge in [-0.15, -0.1) is 12.4 Å². The summed E-state index contributed by atoms with van der Waals surface area (Å²) >= 11 is 0. The average molecular weight is 364 g/mol. The summed E-state index contributed by atoms with van der Waals surface area (Å²) in [6.07, 6.45) is 6.16. The van der Waals surface area contributed by atoms with Crippen molar-refractivity contribution in [2.45, 2.75) is 6.54 Å². The topological polar surface area (TPSA) is 16.4 Å². The molecule has 0 atom stereocenters. The molecule has 3 aromatic carbocycles. The number of nitrogens with zero attached hydrogens (tertiary/aromatic N) is 1. The molecule has 0 fully saturated rings. The van der Waals surface area contributed by atoms with Gasteiger partial charge in [-0.05, 0) is 35.5 Å². The van der Waals surface area contributed by atoms with Crippen LogP contribution >= 0.6 is 12.4 Å². The Hall–Kier alpha value is -2.55. The molecule has 0 radical (unpaired) electrons. The highest BCUT2D eigenvalue weighted by atomic mass is 35.5. The standard InChI is InChI=1S/C23H21NO.ClH/c1-24(17-22-10-4-9-20-13-15-25-23(20)22)14-5-6-18-11-12-19-7-2-3-8-21(19)16-18;/h2-13,15-16H,14,17H2,1H3;1H/b6-5+;. The van der Waals surface area contributed by atoms with Gasteiger partial charge in [0.15, 0.2) is 0 Å². The lowest BCUT2D eigenvalue weighted by Crippen LogP contribution is -2.17. The van der Waals surface area contributed by atoms with Crippen LogP contribution in [0.25, 0.3) is 27.8 Å². The van der Waals surface area contributed by atoms with E-state index in [0.29, 0.717) is 0 Å². The number of halogens is 1. The van der Waals surface area contributed by atoms with Gasteiger partial charge in [0.2, 0.25) is 0 Å². The van der Waals surface area contributed by atoms with Crippen LogP contribution in [0.2, 0.25) is 0 Å². The molecule has 0 aliphatic rings. The van der Waals surface area contributed by atoms with Crippen LogP contribution in [0.4, 0.5) is 0 Å². The van der Waals surface area contributed by atoms with Crippen molar-refractivity contribution in [3.05, 3.63) is 90.2 Å². The first-order valence-electron chi connectivity index (χ1n) is 8.58. The molecule has 0 saturated heterocycles. The van der Waals surface area contributed by atoms with Crippen molar-refractivity contribution in [3.63, 3.8) is 0 Å². The third-order valence-electron chi connectivity index (χ3n) is 4.50. The molecule has 0 amide bonds. The van der Waals surface area contributed by atoms with Crippen molar-refractivity contribution in [3.8, 4) is 0 Å². The van der Waals surface area contributed by atoms with Crippen LogP contribution in [0.5, 0.6) is 0 Å². The molecule has 0 spiro atoms. The molecule has 0 unspecified atom stereocenters. The fourth-order valence-corrected chi connectivity index (χ4v) is 3.22. The minimum Gasteiger partial charge on any atom is -0.464 e. The van der Waals surface area contributed by atoms with Gasteiger partial charge in [-0.3, -0.25) is 4.90 Å². The summed E-state index contributed by atoms with van der Waals surface area (Å²) in [4.78, 5) is 2.29. The second kappa shape index (κ2) is 8.22. The predicted octanol–water partition coefficient (Wildman–Crippen LogP) is 6.15.